The summed E-state index contributed by atoms with van der Waals surface area (Å²) in [6.45, 7) is 3.80. The Bertz CT molecular complexity index is 627. The third-order valence-electron chi connectivity index (χ3n) is 3.64. The lowest BCUT2D eigenvalue weighted by Gasteiger charge is -2.28. The van der Waals surface area contributed by atoms with E-state index in [1.165, 1.54) is 18.2 Å². The highest BCUT2D eigenvalue weighted by Gasteiger charge is 2.20. The molecular weight excluding hydrogens is 347 g/mol. The highest BCUT2D eigenvalue weighted by molar-refractivity contribution is 6.31. The standard InChI is InChI=1S/C16H24ClFN6O/c1-10-8-14(20-7-3-6-19-2)23-15(21-10)24-16(25)22-11-4-5-13(18)12(17)9-11/h4-5,9-10,14,19-20H,3,6-8H2,1-2H3,(H3,21,22,23,24,25). The molecule has 0 radical (unpaired) electrons. The Hall–Kier alpha value is -1.90. The molecule has 0 bridgehead atoms. The normalized spacial score (nSPS) is 19.8. The Kier molecular flexibility index (Phi) is 7.42. The van der Waals surface area contributed by atoms with Crippen molar-refractivity contribution in [1.29, 1.82) is 0 Å². The number of nitrogens with zero attached hydrogens (tertiary/aromatic N) is 1. The predicted molar refractivity (Wildman–Crippen MR) is 98.5 cm³/mol. The van der Waals surface area contributed by atoms with E-state index in [1.54, 1.807) is 0 Å². The van der Waals surface area contributed by atoms with Crippen LogP contribution in [0.25, 0.3) is 0 Å². The Labute approximate surface area is 151 Å². The topological polar surface area (TPSA) is 89.6 Å². The van der Waals surface area contributed by atoms with Gasteiger partial charge in [-0.25, -0.2) is 14.2 Å². The fourth-order valence-corrected chi connectivity index (χ4v) is 2.63. The highest BCUT2D eigenvalue weighted by atomic mass is 35.5. The van der Waals surface area contributed by atoms with Gasteiger partial charge in [0.05, 0.1) is 5.02 Å². The van der Waals surface area contributed by atoms with Gasteiger partial charge in [0.1, 0.15) is 12.0 Å². The van der Waals surface area contributed by atoms with Crippen LogP contribution in [0.1, 0.15) is 19.8 Å². The third kappa shape index (κ3) is 6.49. The van der Waals surface area contributed by atoms with Gasteiger partial charge in [-0.05, 0) is 51.7 Å². The lowest BCUT2D eigenvalue weighted by molar-refractivity contribution is 0.255. The van der Waals surface area contributed by atoms with Gasteiger partial charge in [-0.2, -0.15) is 0 Å². The maximum atomic E-state index is 13.1. The van der Waals surface area contributed by atoms with Crippen LogP contribution >= 0.6 is 11.6 Å². The van der Waals surface area contributed by atoms with Crippen molar-refractivity contribution in [2.75, 3.05) is 25.5 Å². The van der Waals surface area contributed by atoms with E-state index < -0.39 is 11.8 Å². The summed E-state index contributed by atoms with van der Waals surface area (Å²) in [6.07, 6.45) is 1.78. The summed E-state index contributed by atoms with van der Waals surface area (Å²) in [6, 6.07) is 3.68. The lowest BCUT2D eigenvalue weighted by Crippen LogP contribution is -2.52. The van der Waals surface area contributed by atoms with Crippen molar-refractivity contribution in [3.8, 4) is 0 Å². The number of carbonyl (C=O) groups excluding carboxylic acids is 1. The van der Waals surface area contributed by atoms with Crippen LogP contribution in [0.3, 0.4) is 0 Å². The molecule has 1 aliphatic heterocycles. The van der Waals surface area contributed by atoms with Gasteiger partial charge in [-0.3, -0.25) is 10.6 Å². The first kappa shape index (κ1) is 19.4. The maximum Gasteiger partial charge on any atom is 0.325 e. The molecule has 2 rings (SSSR count). The molecule has 5 N–H and O–H groups in total. The van der Waals surface area contributed by atoms with Crippen LogP contribution in [0, 0.1) is 5.82 Å². The molecule has 0 fully saturated rings. The minimum Gasteiger partial charge on any atom is -0.353 e. The summed E-state index contributed by atoms with van der Waals surface area (Å²) >= 11 is 5.70. The number of benzene rings is 1. The number of hydrogen-bond donors (Lipinski definition) is 5. The Balaban J connectivity index is 1.88. The predicted octanol–water partition coefficient (Wildman–Crippen LogP) is 1.86. The van der Waals surface area contributed by atoms with Crippen molar-refractivity contribution in [2.45, 2.75) is 32.0 Å². The quantitative estimate of drug-likeness (QED) is 0.494. The van der Waals surface area contributed by atoms with E-state index in [4.69, 9.17) is 11.6 Å². The van der Waals surface area contributed by atoms with E-state index in [2.05, 4.69) is 31.6 Å². The van der Waals surface area contributed by atoms with E-state index >= 15 is 0 Å². The number of guanidine groups is 1. The SMILES string of the molecule is CNCCCNC1CC(C)NC(NC(=O)Nc2ccc(F)c(Cl)c2)=N1. The molecule has 0 aliphatic carbocycles. The molecule has 9 heteroatoms. The van der Waals surface area contributed by atoms with Gasteiger partial charge < -0.3 is 16.0 Å². The summed E-state index contributed by atoms with van der Waals surface area (Å²) in [4.78, 5) is 16.5. The number of halogens is 2. The third-order valence-corrected chi connectivity index (χ3v) is 3.93. The Morgan fingerprint density at radius 2 is 2.20 bits per heavy atom. The van der Waals surface area contributed by atoms with Gasteiger partial charge in [0.2, 0.25) is 5.96 Å². The maximum absolute atomic E-state index is 13.1. The molecule has 1 heterocycles. The van der Waals surface area contributed by atoms with Crippen LogP contribution in [0.4, 0.5) is 14.9 Å². The number of urea groups is 1. The molecule has 1 aromatic carbocycles. The van der Waals surface area contributed by atoms with E-state index in [0.29, 0.717) is 11.6 Å². The van der Waals surface area contributed by atoms with Crippen molar-refractivity contribution in [3.63, 3.8) is 0 Å². The minimum absolute atomic E-state index is 0.0506. The van der Waals surface area contributed by atoms with Gasteiger partial charge in [-0.1, -0.05) is 11.6 Å². The van der Waals surface area contributed by atoms with Gasteiger partial charge in [0, 0.05) is 18.2 Å². The number of nitrogens with one attached hydrogen (secondary N) is 5. The number of hydrogen-bond acceptors (Lipinski definition) is 5. The van der Waals surface area contributed by atoms with Gasteiger partial charge in [-0.15, -0.1) is 0 Å². The zero-order chi connectivity index (χ0) is 18.2. The summed E-state index contributed by atoms with van der Waals surface area (Å²) in [7, 11) is 1.92. The fraction of sp³-hybridized carbons (Fsp3) is 0.500. The molecule has 2 unspecified atom stereocenters. The second-order valence-electron chi connectivity index (χ2n) is 5.89. The lowest BCUT2D eigenvalue weighted by atomic mass is 10.1. The van der Waals surface area contributed by atoms with E-state index in [9.17, 15) is 9.18 Å². The fourth-order valence-electron chi connectivity index (χ4n) is 2.45. The molecule has 7 nitrogen and oxygen atoms in total. The molecule has 0 aromatic heterocycles. The zero-order valence-electron chi connectivity index (χ0n) is 14.3. The van der Waals surface area contributed by atoms with E-state index in [-0.39, 0.29) is 17.2 Å². The zero-order valence-corrected chi connectivity index (χ0v) is 15.1. The molecule has 25 heavy (non-hydrogen) atoms. The number of aliphatic imine (C=N–C) groups is 1. The van der Waals surface area contributed by atoms with E-state index in [0.717, 1.165) is 25.9 Å². The summed E-state index contributed by atoms with van der Waals surface area (Å²) in [5, 5.41) is 14.8. The summed E-state index contributed by atoms with van der Waals surface area (Å²) < 4.78 is 13.1. The molecule has 1 aromatic rings. The molecule has 138 valence electrons. The van der Waals surface area contributed by atoms with Crippen LogP contribution in [0.5, 0.6) is 0 Å². The molecule has 1 aliphatic rings. The summed E-state index contributed by atoms with van der Waals surface area (Å²) in [5.74, 6) is -0.137. The molecular formula is C16H24ClFN6O. The van der Waals surface area contributed by atoms with Crippen LogP contribution < -0.4 is 26.6 Å². The van der Waals surface area contributed by atoms with Gasteiger partial charge in [0.25, 0.3) is 0 Å². The average Bonchev–Trinajstić information content (AvgIpc) is 2.54. The first-order chi connectivity index (χ1) is 12.0. The van der Waals surface area contributed by atoms with Gasteiger partial charge in [0.15, 0.2) is 0 Å². The largest absolute Gasteiger partial charge is 0.353 e. The van der Waals surface area contributed by atoms with Crippen LogP contribution in [0.15, 0.2) is 23.2 Å². The molecule has 2 amide bonds. The first-order valence-corrected chi connectivity index (χ1v) is 8.61. The van der Waals surface area contributed by atoms with Crippen LogP contribution in [0.2, 0.25) is 5.02 Å². The Morgan fingerprint density at radius 3 is 2.92 bits per heavy atom. The number of carbonyl (C=O) groups is 1. The van der Waals surface area contributed by atoms with Crippen LogP contribution in [-0.4, -0.2) is 44.3 Å². The first-order valence-electron chi connectivity index (χ1n) is 8.23. The Morgan fingerprint density at radius 1 is 1.40 bits per heavy atom. The summed E-state index contributed by atoms with van der Waals surface area (Å²) in [5.41, 5.74) is 0.398. The molecule has 0 saturated heterocycles. The number of rotatable bonds is 6. The van der Waals surface area contributed by atoms with Crippen molar-refractivity contribution < 1.29 is 9.18 Å². The van der Waals surface area contributed by atoms with Crippen LogP contribution in [-0.2, 0) is 0 Å². The number of anilines is 1. The van der Waals surface area contributed by atoms with Crippen molar-refractivity contribution in [1.82, 2.24) is 21.3 Å². The van der Waals surface area contributed by atoms with Crippen molar-refractivity contribution in [3.05, 3.63) is 29.0 Å². The highest BCUT2D eigenvalue weighted by Crippen LogP contribution is 2.19. The van der Waals surface area contributed by atoms with Crippen molar-refractivity contribution in [2.24, 2.45) is 4.99 Å². The van der Waals surface area contributed by atoms with Gasteiger partial charge >= 0.3 is 6.03 Å². The monoisotopic (exact) mass is 370 g/mol. The smallest absolute Gasteiger partial charge is 0.325 e. The molecule has 0 saturated carbocycles. The second-order valence-corrected chi connectivity index (χ2v) is 6.30. The second kappa shape index (κ2) is 9.55. The average molecular weight is 371 g/mol. The minimum atomic E-state index is -0.535. The molecule has 0 spiro atoms. The van der Waals surface area contributed by atoms with E-state index in [1.807, 2.05) is 14.0 Å². The van der Waals surface area contributed by atoms with Crippen molar-refractivity contribution >= 4 is 29.3 Å². The molecule has 2 atom stereocenters. The number of amides is 2.